The third-order valence-electron chi connectivity index (χ3n) is 2.52. The Morgan fingerprint density at radius 3 is 2.67 bits per heavy atom. The number of aryl methyl sites for hydroxylation is 2. The van der Waals surface area contributed by atoms with Crippen LogP contribution in [0.15, 0.2) is 0 Å². The lowest BCUT2D eigenvalue weighted by atomic mass is 10.1. The van der Waals surface area contributed by atoms with E-state index in [1.165, 1.54) is 4.88 Å². The van der Waals surface area contributed by atoms with Crippen molar-refractivity contribution in [2.24, 2.45) is 0 Å². The van der Waals surface area contributed by atoms with E-state index in [1.54, 1.807) is 11.3 Å². The predicted octanol–water partition coefficient (Wildman–Crippen LogP) is 2.01. The zero-order valence-electron chi connectivity index (χ0n) is 9.71. The van der Waals surface area contributed by atoms with Gasteiger partial charge >= 0.3 is 0 Å². The number of nitrogens with zero attached hydrogens (tertiary/aromatic N) is 1. The maximum Gasteiger partial charge on any atom is 0.0900 e. The van der Waals surface area contributed by atoms with Crippen LogP contribution in [0.3, 0.4) is 0 Å². The Hall–Kier alpha value is -0.450. The average Bonchev–Trinajstić information content (AvgIpc) is 2.52. The van der Waals surface area contributed by atoms with Crippen LogP contribution in [-0.4, -0.2) is 22.7 Å². The topological polar surface area (TPSA) is 45.1 Å². The number of aliphatic hydroxyl groups is 1. The second kappa shape index (κ2) is 6.20. The Balaban J connectivity index is 2.44. The van der Waals surface area contributed by atoms with Crippen LogP contribution in [0.25, 0.3) is 0 Å². The number of thiazole rings is 1. The van der Waals surface area contributed by atoms with E-state index >= 15 is 0 Å². The molecule has 2 N–H and O–H groups in total. The van der Waals surface area contributed by atoms with Crippen molar-refractivity contribution in [3.8, 4) is 0 Å². The van der Waals surface area contributed by atoms with Gasteiger partial charge in [-0.05, 0) is 26.7 Å². The van der Waals surface area contributed by atoms with Crippen molar-refractivity contribution >= 4 is 11.3 Å². The molecule has 0 radical (unpaired) electrons. The average molecular weight is 228 g/mol. The lowest BCUT2D eigenvalue weighted by Gasteiger charge is -2.14. The Kier molecular flexibility index (Phi) is 5.22. The molecular formula is C11H20N2OS. The second-order valence-corrected chi connectivity index (χ2v) is 5.03. The van der Waals surface area contributed by atoms with Gasteiger partial charge in [0.15, 0.2) is 0 Å². The first kappa shape index (κ1) is 12.6. The molecule has 0 aliphatic rings. The van der Waals surface area contributed by atoms with Gasteiger partial charge in [-0.25, -0.2) is 4.98 Å². The summed E-state index contributed by atoms with van der Waals surface area (Å²) in [4.78, 5) is 5.70. The molecular weight excluding hydrogens is 208 g/mol. The summed E-state index contributed by atoms with van der Waals surface area (Å²) in [7, 11) is 0. The van der Waals surface area contributed by atoms with Gasteiger partial charge < -0.3 is 10.4 Å². The van der Waals surface area contributed by atoms with Crippen molar-refractivity contribution in [2.45, 2.75) is 46.2 Å². The molecule has 0 saturated heterocycles. The summed E-state index contributed by atoms with van der Waals surface area (Å²) >= 11 is 1.75. The molecule has 0 bridgehead atoms. The smallest absolute Gasteiger partial charge is 0.0900 e. The van der Waals surface area contributed by atoms with Gasteiger partial charge in [-0.2, -0.15) is 0 Å². The van der Waals surface area contributed by atoms with E-state index < -0.39 is 0 Å². The van der Waals surface area contributed by atoms with Crippen molar-refractivity contribution in [1.29, 1.82) is 0 Å². The SMILES string of the molecule is CCC(CCO)NCc1sc(C)nc1C. The summed E-state index contributed by atoms with van der Waals surface area (Å²) in [6.45, 7) is 7.35. The lowest BCUT2D eigenvalue weighted by Crippen LogP contribution is -2.28. The molecule has 0 aliphatic heterocycles. The lowest BCUT2D eigenvalue weighted by molar-refractivity contribution is 0.262. The zero-order chi connectivity index (χ0) is 11.3. The molecule has 1 aromatic rings. The first-order valence-corrected chi connectivity index (χ1v) is 6.26. The van der Waals surface area contributed by atoms with E-state index in [1.807, 2.05) is 13.8 Å². The third-order valence-corrected chi connectivity index (χ3v) is 3.59. The Morgan fingerprint density at radius 1 is 1.47 bits per heavy atom. The van der Waals surface area contributed by atoms with E-state index in [4.69, 9.17) is 5.11 Å². The third kappa shape index (κ3) is 3.89. The van der Waals surface area contributed by atoms with Crippen LogP contribution >= 0.6 is 11.3 Å². The van der Waals surface area contributed by atoms with Gasteiger partial charge in [-0.3, -0.25) is 0 Å². The Bertz CT molecular complexity index is 299. The predicted molar refractivity (Wildman–Crippen MR) is 64.2 cm³/mol. The van der Waals surface area contributed by atoms with Crippen LogP contribution < -0.4 is 5.32 Å². The number of hydrogen-bond acceptors (Lipinski definition) is 4. The summed E-state index contributed by atoms with van der Waals surface area (Å²) in [5.74, 6) is 0. The highest BCUT2D eigenvalue weighted by Gasteiger charge is 2.08. The highest BCUT2D eigenvalue weighted by Crippen LogP contribution is 2.17. The minimum atomic E-state index is 0.256. The quantitative estimate of drug-likeness (QED) is 0.783. The summed E-state index contributed by atoms with van der Waals surface area (Å²) in [5.41, 5.74) is 1.13. The number of nitrogens with one attached hydrogen (secondary N) is 1. The summed E-state index contributed by atoms with van der Waals surface area (Å²) in [5, 5.41) is 13.4. The zero-order valence-corrected chi connectivity index (χ0v) is 10.5. The minimum Gasteiger partial charge on any atom is -0.396 e. The van der Waals surface area contributed by atoms with Gasteiger partial charge in [-0.1, -0.05) is 6.92 Å². The molecule has 1 unspecified atom stereocenters. The summed E-state index contributed by atoms with van der Waals surface area (Å²) in [6.07, 6.45) is 1.88. The Labute approximate surface area is 95.6 Å². The van der Waals surface area contributed by atoms with E-state index in [0.717, 1.165) is 30.1 Å². The molecule has 0 saturated carbocycles. The maximum atomic E-state index is 8.87. The van der Waals surface area contributed by atoms with Gasteiger partial charge in [0, 0.05) is 24.1 Å². The van der Waals surface area contributed by atoms with Crippen molar-refractivity contribution < 1.29 is 5.11 Å². The number of aromatic nitrogens is 1. The van der Waals surface area contributed by atoms with Crippen LogP contribution in [0.1, 0.15) is 35.3 Å². The highest BCUT2D eigenvalue weighted by molar-refractivity contribution is 7.11. The molecule has 0 amide bonds. The molecule has 86 valence electrons. The van der Waals surface area contributed by atoms with Crippen molar-refractivity contribution in [3.05, 3.63) is 15.6 Å². The molecule has 3 nitrogen and oxygen atoms in total. The molecule has 1 aromatic heterocycles. The molecule has 1 rings (SSSR count). The van der Waals surface area contributed by atoms with Gasteiger partial charge in [0.2, 0.25) is 0 Å². The summed E-state index contributed by atoms with van der Waals surface area (Å²) in [6, 6.07) is 0.414. The van der Waals surface area contributed by atoms with E-state index in [2.05, 4.69) is 17.2 Å². The number of hydrogen-bond donors (Lipinski definition) is 2. The van der Waals surface area contributed by atoms with Crippen LogP contribution in [0, 0.1) is 13.8 Å². The molecule has 4 heteroatoms. The minimum absolute atomic E-state index is 0.256. The standard InChI is InChI=1S/C11H20N2OS/c1-4-10(5-6-14)12-7-11-8(2)13-9(3)15-11/h10,12,14H,4-7H2,1-3H3. The van der Waals surface area contributed by atoms with Gasteiger partial charge in [0.1, 0.15) is 0 Å². The first-order chi connectivity index (χ1) is 7.17. The monoisotopic (exact) mass is 228 g/mol. The van der Waals surface area contributed by atoms with Gasteiger partial charge in [0.25, 0.3) is 0 Å². The Morgan fingerprint density at radius 2 is 2.20 bits per heavy atom. The molecule has 0 aliphatic carbocycles. The van der Waals surface area contributed by atoms with Crippen molar-refractivity contribution in [1.82, 2.24) is 10.3 Å². The fourth-order valence-corrected chi connectivity index (χ4v) is 2.47. The fraction of sp³-hybridized carbons (Fsp3) is 0.727. The van der Waals surface area contributed by atoms with E-state index in [9.17, 15) is 0 Å². The molecule has 0 spiro atoms. The van der Waals surface area contributed by atoms with Crippen LogP contribution in [0.5, 0.6) is 0 Å². The van der Waals surface area contributed by atoms with E-state index in [0.29, 0.717) is 6.04 Å². The van der Waals surface area contributed by atoms with Crippen LogP contribution in [0.4, 0.5) is 0 Å². The second-order valence-electron chi connectivity index (χ2n) is 3.74. The molecule has 0 fully saturated rings. The number of rotatable bonds is 6. The molecule has 1 atom stereocenters. The molecule has 1 heterocycles. The first-order valence-electron chi connectivity index (χ1n) is 5.44. The highest BCUT2D eigenvalue weighted by atomic mass is 32.1. The maximum absolute atomic E-state index is 8.87. The fourth-order valence-electron chi connectivity index (χ4n) is 1.58. The summed E-state index contributed by atoms with van der Waals surface area (Å²) < 4.78 is 0. The van der Waals surface area contributed by atoms with Gasteiger partial charge in [0.05, 0.1) is 10.7 Å². The van der Waals surface area contributed by atoms with Crippen LogP contribution in [0.2, 0.25) is 0 Å². The largest absolute Gasteiger partial charge is 0.396 e. The van der Waals surface area contributed by atoms with Crippen molar-refractivity contribution in [3.63, 3.8) is 0 Å². The number of aliphatic hydroxyl groups excluding tert-OH is 1. The van der Waals surface area contributed by atoms with Crippen LogP contribution in [-0.2, 0) is 6.54 Å². The van der Waals surface area contributed by atoms with Gasteiger partial charge in [-0.15, -0.1) is 11.3 Å². The molecule has 15 heavy (non-hydrogen) atoms. The van der Waals surface area contributed by atoms with Crippen molar-refractivity contribution in [2.75, 3.05) is 6.61 Å². The molecule has 0 aromatic carbocycles. The van der Waals surface area contributed by atoms with E-state index in [-0.39, 0.29) is 6.61 Å². The normalized spacial score (nSPS) is 13.1.